The van der Waals surface area contributed by atoms with Gasteiger partial charge in [0.1, 0.15) is 0 Å². The first-order chi connectivity index (χ1) is 1.73. The van der Waals surface area contributed by atoms with Gasteiger partial charge in [0.05, 0.1) is 0 Å². The van der Waals surface area contributed by atoms with Gasteiger partial charge >= 0.3 is 0 Å². The molecule has 0 atom stereocenters. The first kappa shape index (κ1) is 114. The Hall–Kier alpha value is 0.207. The molecule has 0 radical (unpaired) electrons. The van der Waals surface area contributed by atoms with Crippen molar-refractivity contribution in [1.29, 1.82) is 0 Å². The van der Waals surface area contributed by atoms with Gasteiger partial charge in [0.15, 0.2) is 0 Å². The first-order valence-electron chi connectivity index (χ1n) is 0.565. The maximum Gasteiger partial charge on any atom is 0.291 e. The third kappa shape index (κ3) is 16100. The Morgan fingerprint density at radius 2 is 0.909 bits per heavy atom. The molecule has 11 heteroatoms. The van der Waals surface area contributed by atoms with Crippen LogP contribution in [0.1, 0.15) is 0 Å². The fourth-order valence-corrected chi connectivity index (χ4v) is 0. The second kappa shape index (κ2) is 84.1. The molecule has 0 saturated heterocycles. The van der Waals surface area contributed by atoms with Crippen LogP contribution in [0.5, 0.6) is 0 Å². The zero-order valence-electron chi connectivity index (χ0n) is 5.00. The van der Waals surface area contributed by atoms with Gasteiger partial charge in [0.25, 0.3) is 5.09 Å². The van der Waals surface area contributed by atoms with Gasteiger partial charge in [0.2, 0.25) is 0 Å². The van der Waals surface area contributed by atoms with Gasteiger partial charge in [-0.25, -0.2) is 0 Å². The van der Waals surface area contributed by atoms with Crippen LogP contribution in [-0.4, -0.2) is 43.2 Å². The molecule has 0 fully saturated rings. The molecular formula is H13ErNO9. The van der Waals surface area contributed by atoms with Crippen LogP contribution in [0.3, 0.4) is 0 Å². The van der Waals surface area contributed by atoms with Crippen molar-refractivity contribution in [2.24, 2.45) is 0 Å². The molecule has 0 bridgehead atoms. The van der Waals surface area contributed by atoms with E-state index < -0.39 is 5.09 Å². The fourth-order valence-electron chi connectivity index (χ4n) is 0. The summed E-state index contributed by atoms with van der Waals surface area (Å²) in [6.45, 7) is 0. The van der Waals surface area contributed by atoms with Gasteiger partial charge < -0.3 is 38.1 Å². The van der Waals surface area contributed by atoms with Gasteiger partial charge in [-0.3, -0.25) is 0 Å². The largest absolute Gasteiger partial charge is 0.412 e. The molecule has 0 aliphatic rings. The fraction of sp³-hybridized carbons (Fsp3) is 0. The standard InChI is InChI=1S/Er.HNO3.6H2O/c;2-1(3)4;;;;;;/h;(H,2,3,4);6*1H2. The second-order valence-corrected chi connectivity index (χ2v) is 0.238. The molecule has 13 N–H and O–H groups in total. The third-order valence-electron chi connectivity index (χ3n) is 0. The van der Waals surface area contributed by atoms with Crippen LogP contribution in [0.2, 0.25) is 0 Å². The van der Waals surface area contributed by atoms with E-state index in [1.807, 2.05) is 0 Å². The van der Waals surface area contributed by atoms with E-state index in [1.54, 1.807) is 0 Å². The van der Waals surface area contributed by atoms with Crippen molar-refractivity contribution in [2.45, 2.75) is 0 Å². The van der Waals surface area contributed by atoms with E-state index in [2.05, 4.69) is 0 Å². The van der Waals surface area contributed by atoms with E-state index >= 15 is 0 Å². The van der Waals surface area contributed by atoms with Crippen LogP contribution < -0.4 is 0 Å². The van der Waals surface area contributed by atoms with Crippen molar-refractivity contribution in [2.75, 3.05) is 0 Å². The minimum Gasteiger partial charge on any atom is -0.412 e. The maximum absolute atomic E-state index is 8.36. The summed E-state index contributed by atoms with van der Waals surface area (Å²) in [6.07, 6.45) is 0. The van der Waals surface area contributed by atoms with Crippen molar-refractivity contribution in [1.82, 2.24) is 0 Å². The van der Waals surface area contributed by atoms with Crippen molar-refractivity contribution < 1.29 is 80.5 Å². The minimum absolute atomic E-state index is 0. The van der Waals surface area contributed by atoms with Crippen molar-refractivity contribution >= 4 is 0 Å². The Balaban J connectivity index is -0.00000000214. The molecular weight excluding hydrogens is 325 g/mol. The average Bonchev–Trinajstić information content (AvgIpc) is 0.811. The predicted molar refractivity (Wildman–Crippen MR) is 30.5 cm³/mol. The Morgan fingerprint density at radius 1 is 0.909 bits per heavy atom. The van der Waals surface area contributed by atoms with E-state index in [0.29, 0.717) is 0 Å². The van der Waals surface area contributed by atoms with Crippen LogP contribution in [0, 0.1) is 47.4 Å². The monoisotopic (exact) mass is 337 g/mol. The number of rotatable bonds is 0. The number of hydrogen-bond acceptors (Lipinski definition) is 2. The van der Waals surface area contributed by atoms with E-state index in [1.165, 1.54) is 0 Å². The number of nitrogens with zero attached hydrogens (tertiary/aromatic N) is 1. The molecule has 0 spiro atoms. The van der Waals surface area contributed by atoms with E-state index in [0.717, 1.165) is 0 Å². The summed E-state index contributed by atoms with van der Waals surface area (Å²) in [7, 11) is 0. The molecule has 0 aromatic rings. The molecule has 0 aliphatic carbocycles. The zero-order chi connectivity index (χ0) is 3.58. The molecule has 0 aliphatic heterocycles. The second-order valence-electron chi connectivity index (χ2n) is 0.238. The Bertz CT molecular complexity index is 32.5. The van der Waals surface area contributed by atoms with Crippen LogP contribution >= 0.6 is 0 Å². The molecule has 10 nitrogen and oxygen atoms in total. The topological polar surface area (TPSA) is 252 Å². The van der Waals surface area contributed by atoms with Gasteiger partial charge in [-0.2, -0.15) is 0 Å². The van der Waals surface area contributed by atoms with Crippen LogP contribution in [0.25, 0.3) is 0 Å². The third-order valence-corrected chi connectivity index (χ3v) is 0. The van der Waals surface area contributed by atoms with Gasteiger partial charge in [-0.15, -0.1) is 10.1 Å². The molecule has 0 rings (SSSR count). The molecule has 0 amide bonds. The first-order valence-corrected chi connectivity index (χ1v) is 0.565. The van der Waals surface area contributed by atoms with Crippen LogP contribution in [-0.2, 0) is 0 Å². The zero-order valence-corrected chi connectivity index (χ0v) is 6.85. The molecule has 0 aromatic carbocycles. The molecule has 0 unspecified atom stereocenters. The smallest absolute Gasteiger partial charge is 0.291 e. The Labute approximate surface area is 90.4 Å². The predicted octanol–water partition coefficient (Wildman–Crippen LogP) is -5.30. The molecule has 0 saturated carbocycles. The summed E-state index contributed by atoms with van der Waals surface area (Å²) in [5.74, 6) is 0. The van der Waals surface area contributed by atoms with Crippen molar-refractivity contribution in [3.63, 3.8) is 0 Å². The Kier molecular flexibility index (Phi) is 868. The summed E-state index contributed by atoms with van der Waals surface area (Å²) in [5.41, 5.74) is 0. The maximum atomic E-state index is 8.36. The van der Waals surface area contributed by atoms with Gasteiger partial charge in [0, 0.05) is 37.3 Å². The summed E-state index contributed by atoms with van der Waals surface area (Å²) in [5, 5.41) is 13.6. The van der Waals surface area contributed by atoms with Crippen LogP contribution in [0.15, 0.2) is 0 Å². The summed E-state index contributed by atoms with van der Waals surface area (Å²) in [4.78, 5) is 8.36. The quantitative estimate of drug-likeness (QED) is 0.335. The minimum atomic E-state index is -1.50. The number of hydrogen-bond donors (Lipinski definition) is 1. The van der Waals surface area contributed by atoms with Crippen molar-refractivity contribution in [3.8, 4) is 0 Å². The molecule has 0 heterocycles. The Morgan fingerprint density at radius 3 is 0.909 bits per heavy atom. The SMILES string of the molecule is O.O.O.O.O.O.O=[N+]([O-])O.[Er]. The summed E-state index contributed by atoms with van der Waals surface area (Å²) < 4.78 is 0. The molecule has 0 aromatic heterocycles. The van der Waals surface area contributed by atoms with Gasteiger partial charge in [-0.1, -0.05) is 0 Å². The molecule has 11 heavy (non-hydrogen) atoms. The van der Waals surface area contributed by atoms with Gasteiger partial charge in [-0.05, 0) is 0 Å². The summed E-state index contributed by atoms with van der Waals surface area (Å²) in [6, 6.07) is 0. The molecule has 84 valence electrons. The average molecular weight is 338 g/mol. The van der Waals surface area contributed by atoms with Crippen LogP contribution in [0.4, 0.5) is 0 Å². The van der Waals surface area contributed by atoms with E-state index in [-0.39, 0.29) is 70.2 Å². The van der Waals surface area contributed by atoms with Crippen molar-refractivity contribution in [3.05, 3.63) is 10.1 Å². The van der Waals surface area contributed by atoms with E-state index in [9.17, 15) is 0 Å². The van der Waals surface area contributed by atoms with E-state index in [4.69, 9.17) is 15.3 Å². The summed E-state index contributed by atoms with van der Waals surface area (Å²) >= 11 is 0. The normalized spacial score (nSPS) is 2.18.